The Bertz CT molecular complexity index is 255. The molecule has 56 valence electrons. The van der Waals surface area contributed by atoms with Crippen LogP contribution in [0.5, 0.6) is 5.75 Å². The van der Waals surface area contributed by atoms with Crippen molar-refractivity contribution in [1.29, 1.82) is 0 Å². The van der Waals surface area contributed by atoms with Gasteiger partial charge >= 0.3 is 0 Å². The van der Waals surface area contributed by atoms with Crippen LogP contribution in [-0.2, 0) is 0 Å². The van der Waals surface area contributed by atoms with Crippen molar-refractivity contribution in [2.75, 3.05) is 0 Å². The molecule has 4 nitrogen and oxygen atoms in total. The zero-order valence-electron chi connectivity index (χ0n) is 5.56. The van der Waals surface area contributed by atoms with Crippen LogP contribution in [0.1, 0.15) is 0 Å². The summed E-state index contributed by atoms with van der Waals surface area (Å²) in [6.45, 7) is 0. The van der Waals surface area contributed by atoms with E-state index < -0.39 is 4.92 Å². The lowest BCUT2D eigenvalue weighted by molar-refractivity contribution is -0.384. The maximum absolute atomic E-state index is 10.1. The third-order valence-corrected chi connectivity index (χ3v) is 1.18. The molecule has 0 aromatic heterocycles. The summed E-state index contributed by atoms with van der Waals surface area (Å²) in [6.07, 6.45) is 0. The van der Waals surface area contributed by atoms with E-state index in [4.69, 9.17) is 7.11 Å². The summed E-state index contributed by atoms with van der Waals surface area (Å²) >= 11 is 0. The van der Waals surface area contributed by atoms with E-state index in [-0.39, 0.29) is 5.69 Å². The molecule has 1 aromatic carbocycles. The van der Waals surface area contributed by atoms with Crippen molar-refractivity contribution in [1.82, 2.24) is 0 Å². The highest BCUT2D eigenvalue weighted by atomic mass is 16.6. The van der Waals surface area contributed by atoms with Crippen LogP contribution in [0, 0.1) is 17.2 Å². The van der Waals surface area contributed by atoms with Gasteiger partial charge in [0.15, 0.2) is 7.11 Å². The van der Waals surface area contributed by atoms with Crippen molar-refractivity contribution in [3.05, 3.63) is 41.5 Å². The highest BCUT2D eigenvalue weighted by molar-refractivity contribution is 5.35. The molecule has 1 rings (SSSR count). The van der Waals surface area contributed by atoms with Gasteiger partial charge in [-0.2, -0.15) is 0 Å². The Morgan fingerprint density at radius 1 is 1.36 bits per heavy atom. The van der Waals surface area contributed by atoms with Crippen LogP contribution in [-0.4, -0.2) is 4.92 Å². The molecule has 0 aliphatic carbocycles. The first kappa shape index (κ1) is 7.53. The average Bonchev–Trinajstić information content (AvgIpc) is 2.05. The summed E-state index contributed by atoms with van der Waals surface area (Å²) in [5, 5.41) is 10.1. The zero-order chi connectivity index (χ0) is 8.27. The number of nitro groups is 1. The molecule has 0 fully saturated rings. The Balaban J connectivity index is 2.91. The Labute approximate surface area is 63.6 Å². The Hall–Kier alpha value is -1.58. The lowest BCUT2D eigenvalue weighted by atomic mass is 10.3. The molecule has 0 heterocycles. The van der Waals surface area contributed by atoms with Crippen LogP contribution < -0.4 is 4.74 Å². The molecule has 0 bridgehead atoms. The van der Waals surface area contributed by atoms with E-state index in [0.717, 1.165) is 0 Å². The summed E-state index contributed by atoms with van der Waals surface area (Å²) in [4.78, 5) is 9.65. The predicted octanol–water partition coefficient (Wildman–Crippen LogP) is 1.64. The first-order valence-corrected chi connectivity index (χ1v) is 2.85. The molecule has 0 saturated heterocycles. The number of hydrogen-bond donors (Lipinski definition) is 0. The first-order chi connectivity index (χ1) is 5.24. The molecule has 0 spiro atoms. The second-order valence-electron chi connectivity index (χ2n) is 1.87. The van der Waals surface area contributed by atoms with E-state index in [0.29, 0.717) is 5.75 Å². The van der Waals surface area contributed by atoms with E-state index in [2.05, 4.69) is 4.74 Å². The third-order valence-electron chi connectivity index (χ3n) is 1.18. The normalized spacial score (nSPS) is 9.18. The van der Waals surface area contributed by atoms with Crippen molar-refractivity contribution in [3.63, 3.8) is 0 Å². The zero-order valence-corrected chi connectivity index (χ0v) is 5.56. The molecule has 4 heteroatoms. The van der Waals surface area contributed by atoms with Gasteiger partial charge in [0.25, 0.3) is 5.69 Å². The molecule has 0 aliphatic heterocycles. The monoisotopic (exact) mass is 151 g/mol. The minimum absolute atomic E-state index is 0.0193. The van der Waals surface area contributed by atoms with Crippen LogP contribution in [0.3, 0.4) is 0 Å². The second kappa shape index (κ2) is 3.01. The smallest absolute Gasteiger partial charge is 0.269 e. The lowest BCUT2D eigenvalue weighted by Crippen LogP contribution is -1.86. The molecule has 2 radical (unpaired) electrons. The molecular formula is C7H5NO3. The van der Waals surface area contributed by atoms with E-state index in [1.807, 2.05) is 0 Å². The first-order valence-electron chi connectivity index (χ1n) is 2.85. The van der Waals surface area contributed by atoms with Crippen LogP contribution in [0.15, 0.2) is 24.3 Å². The Morgan fingerprint density at radius 3 is 2.27 bits per heavy atom. The topological polar surface area (TPSA) is 52.4 Å². The quantitative estimate of drug-likeness (QED) is 0.477. The van der Waals surface area contributed by atoms with E-state index in [9.17, 15) is 10.1 Å². The van der Waals surface area contributed by atoms with Crippen molar-refractivity contribution in [2.24, 2.45) is 0 Å². The average molecular weight is 151 g/mol. The van der Waals surface area contributed by atoms with Gasteiger partial charge in [-0.15, -0.1) is 0 Å². The minimum atomic E-state index is -0.486. The predicted molar refractivity (Wildman–Crippen MR) is 38.0 cm³/mol. The van der Waals surface area contributed by atoms with E-state index in [1.165, 1.54) is 24.3 Å². The fourth-order valence-corrected chi connectivity index (χ4v) is 0.646. The molecule has 0 atom stereocenters. The summed E-state index contributed by atoms with van der Waals surface area (Å²) < 4.78 is 4.33. The van der Waals surface area contributed by atoms with E-state index >= 15 is 0 Å². The number of rotatable bonds is 2. The second-order valence-corrected chi connectivity index (χ2v) is 1.87. The summed E-state index contributed by atoms with van der Waals surface area (Å²) in [5.41, 5.74) is 0.0193. The summed E-state index contributed by atoms with van der Waals surface area (Å²) in [6, 6.07) is 5.50. The van der Waals surface area contributed by atoms with Gasteiger partial charge in [0.2, 0.25) is 0 Å². The van der Waals surface area contributed by atoms with Gasteiger partial charge in [-0.3, -0.25) is 10.1 Å². The maximum atomic E-state index is 10.1. The molecule has 1 aromatic rings. The Kier molecular flexibility index (Phi) is 2.06. The van der Waals surface area contributed by atoms with Crippen molar-refractivity contribution in [3.8, 4) is 5.75 Å². The van der Waals surface area contributed by atoms with Gasteiger partial charge in [-0.1, -0.05) is 0 Å². The van der Waals surface area contributed by atoms with Gasteiger partial charge in [0.1, 0.15) is 5.75 Å². The van der Waals surface area contributed by atoms with Gasteiger partial charge < -0.3 is 4.74 Å². The number of ether oxygens (including phenoxy) is 1. The number of nitro benzene ring substituents is 1. The number of hydrogen-bond acceptors (Lipinski definition) is 3. The van der Waals surface area contributed by atoms with Gasteiger partial charge in [0, 0.05) is 12.1 Å². The molecule has 0 unspecified atom stereocenters. The largest absolute Gasteiger partial charge is 0.482 e. The van der Waals surface area contributed by atoms with Gasteiger partial charge in [-0.05, 0) is 12.1 Å². The van der Waals surface area contributed by atoms with Crippen molar-refractivity contribution >= 4 is 5.69 Å². The molecular weight excluding hydrogens is 146 g/mol. The molecule has 0 N–H and O–H groups in total. The van der Waals surface area contributed by atoms with Crippen molar-refractivity contribution in [2.45, 2.75) is 0 Å². The number of nitrogens with zero attached hydrogens (tertiary/aromatic N) is 1. The van der Waals surface area contributed by atoms with Gasteiger partial charge in [-0.25, -0.2) is 0 Å². The van der Waals surface area contributed by atoms with Crippen LogP contribution in [0.2, 0.25) is 0 Å². The molecule has 0 amide bonds. The standard InChI is InChI=1S/C7H5NO3/c1-11-7-4-2-6(3-5-7)8(9)10/h1-5H. The Morgan fingerprint density at radius 2 is 1.91 bits per heavy atom. The maximum Gasteiger partial charge on any atom is 0.269 e. The number of non-ortho nitro benzene ring substituents is 1. The molecule has 0 saturated carbocycles. The van der Waals surface area contributed by atoms with E-state index in [1.54, 1.807) is 0 Å². The third kappa shape index (κ3) is 1.67. The molecule has 11 heavy (non-hydrogen) atoms. The summed E-state index contributed by atoms with van der Waals surface area (Å²) in [5.74, 6) is 0.399. The minimum Gasteiger partial charge on any atom is -0.482 e. The van der Waals surface area contributed by atoms with Crippen LogP contribution in [0.4, 0.5) is 5.69 Å². The SMILES string of the molecule is [CH]Oc1ccc([N+](=O)[O-])cc1. The fraction of sp³-hybridized carbons (Fsp3) is 0. The fourth-order valence-electron chi connectivity index (χ4n) is 0.646. The highest BCUT2D eigenvalue weighted by Crippen LogP contribution is 2.16. The summed E-state index contributed by atoms with van der Waals surface area (Å²) in [7, 11) is 4.81. The van der Waals surface area contributed by atoms with Crippen LogP contribution in [0.25, 0.3) is 0 Å². The molecule has 0 aliphatic rings. The lowest BCUT2D eigenvalue weighted by Gasteiger charge is -1.95. The van der Waals surface area contributed by atoms with Gasteiger partial charge in [0.05, 0.1) is 4.92 Å². The van der Waals surface area contributed by atoms with Crippen LogP contribution >= 0.6 is 0 Å². The van der Waals surface area contributed by atoms with Crippen molar-refractivity contribution < 1.29 is 9.66 Å². The highest BCUT2D eigenvalue weighted by Gasteiger charge is 2.02. The number of benzene rings is 1.